The summed E-state index contributed by atoms with van der Waals surface area (Å²) < 4.78 is 1.84. The van der Waals surface area contributed by atoms with Crippen LogP contribution < -0.4 is 0 Å². The molecule has 0 amide bonds. The number of hydrogen-bond acceptors (Lipinski definition) is 5. The number of hydrogen-bond donors (Lipinski definition) is 1. The van der Waals surface area contributed by atoms with E-state index < -0.39 is 0 Å². The summed E-state index contributed by atoms with van der Waals surface area (Å²) in [6.45, 7) is 4.27. The Bertz CT molecular complexity index is 1130. The molecule has 0 saturated heterocycles. The van der Waals surface area contributed by atoms with Gasteiger partial charge in [0.15, 0.2) is 11.5 Å². The van der Waals surface area contributed by atoms with Gasteiger partial charge in [-0.2, -0.15) is 4.52 Å². The molecule has 0 bridgehead atoms. The van der Waals surface area contributed by atoms with Crippen LogP contribution in [-0.2, 0) is 6.42 Å². The summed E-state index contributed by atoms with van der Waals surface area (Å²) in [6.07, 6.45) is 3.60. The predicted octanol–water partition coefficient (Wildman–Crippen LogP) is 4.46. The van der Waals surface area contributed by atoms with Crippen molar-refractivity contribution >= 4 is 27.2 Å². The zero-order chi connectivity index (χ0) is 17.1. The molecule has 0 aliphatic heterocycles. The Morgan fingerprint density at radius 1 is 1.28 bits per heavy atom. The molecule has 3 heterocycles. The van der Waals surface area contributed by atoms with Gasteiger partial charge in [-0.1, -0.05) is 19.1 Å². The van der Waals surface area contributed by atoms with Crippen LogP contribution in [0.4, 0.5) is 0 Å². The van der Waals surface area contributed by atoms with Gasteiger partial charge in [-0.25, -0.2) is 9.97 Å². The monoisotopic (exact) mass is 350 g/mol. The highest BCUT2D eigenvalue weighted by Gasteiger charge is 2.26. The second-order valence-corrected chi connectivity index (χ2v) is 7.88. The van der Waals surface area contributed by atoms with E-state index in [2.05, 4.69) is 12.0 Å². The van der Waals surface area contributed by atoms with Crippen LogP contribution in [-0.4, -0.2) is 24.7 Å². The first-order chi connectivity index (χ1) is 12.1. The minimum atomic E-state index is 0.220. The molecule has 1 aromatic carbocycles. The number of rotatable bonds is 1. The maximum atomic E-state index is 9.76. The average molecular weight is 350 g/mol. The first-order valence-corrected chi connectivity index (χ1v) is 9.41. The van der Waals surface area contributed by atoms with Crippen molar-refractivity contribution in [2.45, 2.75) is 39.0 Å². The molecule has 0 saturated carbocycles. The smallest absolute Gasteiger partial charge is 0.182 e. The maximum Gasteiger partial charge on any atom is 0.182 e. The van der Waals surface area contributed by atoms with Crippen molar-refractivity contribution < 1.29 is 5.11 Å². The molecular formula is C19H18N4OS. The van der Waals surface area contributed by atoms with Crippen LogP contribution in [0.5, 0.6) is 5.75 Å². The average Bonchev–Trinajstić information content (AvgIpc) is 3.17. The summed E-state index contributed by atoms with van der Waals surface area (Å²) in [6, 6.07) is 7.08. The molecule has 1 aliphatic carbocycles. The third kappa shape index (κ3) is 2.17. The third-order valence-electron chi connectivity index (χ3n) is 5.04. The lowest BCUT2D eigenvalue weighted by Crippen LogP contribution is -2.05. The fraction of sp³-hybridized carbons (Fsp3) is 0.316. The molecule has 0 radical (unpaired) electrons. The minimum Gasteiger partial charge on any atom is -0.508 e. The van der Waals surface area contributed by atoms with Gasteiger partial charge >= 0.3 is 0 Å². The fourth-order valence-corrected chi connectivity index (χ4v) is 5.23. The number of aromatic nitrogens is 4. The van der Waals surface area contributed by atoms with E-state index in [9.17, 15) is 5.11 Å². The van der Waals surface area contributed by atoms with Crippen LogP contribution >= 0.6 is 11.3 Å². The Labute approximate surface area is 149 Å². The van der Waals surface area contributed by atoms with Crippen molar-refractivity contribution in [3.63, 3.8) is 0 Å². The molecule has 1 N–H and O–H groups in total. The standard InChI is InChI=1S/C19H18N4OS/c1-10-5-3-8-14-15(10)16-18-21-17(12-6-4-7-13(24)9-12)22-23(18)11(2)20-19(16)25-14/h4,6-7,9-10,24H,3,5,8H2,1-2H3/t10-/m1/s1. The Balaban J connectivity index is 1.84. The van der Waals surface area contributed by atoms with Gasteiger partial charge in [0.2, 0.25) is 0 Å². The van der Waals surface area contributed by atoms with E-state index in [0.717, 1.165) is 33.7 Å². The Morgan fingerprint density at radius 2 is 2.16 bits per heavy atom. The topological polar surface area (TPSA) is 63.3 Å². The van der Waals surface area contributed by atoms with Crippen LogP contribution in [0.3, 0.4) is 0 Å². The summed E-state index contributed by atoms with van der Waals surface area (Å²) in [5.41, 5.74) is 3.11. The largest absolute Gasteiger partial charge is 0.508 e. The van der Waals surface area contributed by atoms with Gasteiger partial charge in [0.05, 0.1) is 5.39 Å². The lowest BCUT2D eigenvalue weighted by Gasteiger charge is -2.18. The minimum absolute atomic E-state index is 0.220. The molecule has 5 nitrogen and oxygen atoms in total. The predicted molar refractivity (Wildman–Crippen MR) is 99.4 cm³/mol. The summed E-state index contributed by atoms with van der Waals surface area (Å²) in [7, 11) is 0. The van der Waals surface area contributed by atoms with Gasteiger partial charge in [-0.3, -0.25) is 0 Å². The van der Waals surface area contributed by atoms with E-state index in [1.165, 1.54) is 23.3 Å². The number of aryl methyl sites for hydroxylation is 2. The highest BCUT2D eigenvalue weighted by Crippen LogP contribution is 2.43. The highest BCUT2D eigenvalue weighted by atomic mass is 32.1. The molecule has 0 spiro atoms. The molecule has 4 aromatic rings. The Morgan fingerprint density at radius 3 is 3.00 bits per heavy atom. The van der Waals surface area contributed by atoms with Crippen molar-refractivity contribution in [2.24, 2.45) is 0 Å². The summed E-state index contributed by atoms with van der Waals surface area (Å²) in [5, 5.41) is 15.6. The number of benzene rings is 1. The SMILES string of the molecule is Cc1nc2sc3c(c2c2nc(-c4cccc(O)c4)nn12)[C@H](C)CCC3. The Kier molecular flexibility index (Phi) is 3.12. The van der Waals surface area contributed by atoms with Crippen molar-refractivity contribution in [2.75, 3.05) is 0 Å². The zero-order valence-corrected chi connectivity index (χ0v) is 15.0. The molecule has 0 unspecified atom stereocenters. The molecular weight excluding hydrogens is 332 g/mol. The molecule has 126 valence electrons. The van der Waals surface area contributed by atoms with E-state index in [-0.39, 0.29) is 5.75 Å². The van der Waals surface area contributed by atoms with Crippen LogP contribution in [0.2, 0.25) is 0 Å². The van der Waals surface area contributed by atoms with Gasteiger partial charge in [-0.15, -0.1) is 16.4 Å². The van der Waals surface area contributed by atoms with Crippen molar-refractivity contribution in [3.8, 4) is 17.1 Å². The van der Waals surface area contributed by atoms with E-state index >= 15 is 0 Å². The van der Waals surface area contributed by atoms with Gasteiger partial charge in [0, 0.05) is 10.4 Å². The van der Waals surface area contributed by atoms with Crippen molar-refractivity contribution in [1.82, 2.24) is 19.6 Å². The number of nitrogens with zero attached hydrogens (tertiary/aromatic N) is 4. The summed E-state index contributed by atoms with van der Waals surface area (Å²) in [5.74, 6) is 2.22. The van der Waals surface area contributed by atoms with Gasteiger partial charge in [-0.05, 0) is 49.8 Å². The number of thiophene rings is 1. The van der Waals surface area contributed by atoms with Crippen LogP contribution in [0.25, 0.3) is 27.3 Å². The van der Waals surface area contributed by atoms with Gasteiger partial charge in [0.25, 0.3) is 0 Å². The molecule has 1 atom stereocenters. The van der Waals surface area contributed by atoms with Crippen LogP contribution in [0.1, 0.15) is 41.9 Å². The fourth-order valence-electron chi connectivity index (χ4n) is 3.85. The summed E-state index contributed by atoms with van der Waals surface area (Å²) >= 11 is 1.81. The third-order valence-corrected chi connectivity index (χ3v) is 6.20. The number of fused-ring (bicyclic) bond motifs is 5. The lowest BCUT2D eigenvalue weighted by atomic mass is 9.87. The van der Waals surface area contributed by atoms with Gasteiger partial charge < -0.3 is 5.11 Å². The number of aromatic hydroxyl groups is 1. The Hall–Kier alpha value is -2.47. The molecule has 1 aliphatic rings. The molecule has 5 rings (SSSR count). The van der Waals surface area contributed by atoms with E-state index in [4.69, 9.17) is 9.97 Å². The molecule has 0 fully saturated rings. The van der Waals surface area contributed by atoms with E-state index in [1.54, 1.807) is 12.1 Å². The highest BCUT2D eigenvalue weighted by molar-refractivity contribution is 7.19. The normalized spacial score (nSPS) is 17.3. The summed E-state index contributed by atoms with van der Waals surface area (Å²) in [4.78, 5) is 12.2. The second-order valence-electron chi connectivity index (χ2n) is 6.79. The number of phenolic OH excluding ortho intramolecular Hbond substituents is 1. The first kappa shape index (κ1) is 14.8. The molecule has 25 heavy (non-hydrogen) atoms. The zero-order valence-electron chi connectivity index (χ0n) is 14.2. The van der Waals surface area contributed by atoms with Gasteiger partial charge in [0.1, 0.15) is 16.4 Å². The molecule has 6 heteroatoms. The van der Waals surface area contributed by atoms with Crippen molar-refractivity contribution in [1.29, 1.82) is 0 Å². The number of phenols is 1. The molecule has 3 aromatic heterocycles. The second kappa shape index (κ2) is 5.26. The quantitative estimate of drug-likeness (QED) is 0.550. The first-order valence-electron chi connectivity index (χ1n) is 8.60. The van der Waals surface area contributed by atoms with Crippen LogP contribution in [0.15, 0.2) is 24.3 Å². The lowest BCUT2D eigenvalue weighted by molar-refractivity contribution is 0.475. The van der Waals surface area contributed by atoms with Crippen molar-refractivity contribution in [3.05, 3.63) is 40.5 Å². The maximum absolute atomic E-state index is 9.76. The van der Waals surface area contributed by atoms with Crippen LogP contribution in [0, 0.1) is 6.92 Å². The van der Waals surface area contributed by atoms with E-state index in [1.807, 2.05) is 34.9 Å². The van der Waals surface area contributed by atoms with E-state index in [0.29, 0.717) is 11.7 Å².